The molecule has 1 N–H and O–H groups in total. The Balaban J connectivity index is 2.37. The largest absolute Gasteiger partial charge is 0.469 e. The van der Waals surface area contributed by atoms with Crippen LogP contribution in [0.15, 0.2) is 18.6 Å². The molecule has 0 atom stereocenters. The summed E-state index contributed by atoms with van der Waals surface area (Å²) in [6.07, 6.45) is 7.05. The minimum Gasteiger partial charge on any atom is -0.469 e. The summed E-state index contributed by atoms with van der Waals surface area (Å²) in [5, 5.41) is 0. The second-order valence-corrected chi connectivity index (χ2v) is 2.19. The van der Waals surface area contributed by atoms with Crippen LogP contribution in [0.1, 0.15) is 12.1 Å². The average molecular weight is 166 g/mol. The van der Waals surface area contributed by atoms with Crippen LogP contribution in [0, 0.1) is 0 Å². The van der Waals surface area contributed by atoms with Gasteiger partial charge in [-0.1, -0.05) is 6.08 Å². The Morgan fingerprint density at radius 1 is 1.83 bits per heavy atom. The molecule has 4 nitrogen and oxygen atoms in total. The van der Waals surface area contributed by atoms with Crippen LogP contribution in [0.5, 0.6) is 0 Å². The van der Waals surface area contributed by atoms with E-state index in [4.69, 9.17) is 0 Å². The van der Waals surface area contributed by atoms with Crippen LogP contribution in [0.3, 0.4) is 0 Å². The zero-order valence-corrected chi connectivity index (χ0v) is 6.78. The van der Waals surface area contributed by atoms with Crippen molar-refractivity contribution in [3.8, 4) is 0 Å². The lowest BCUT2D eigenvalue weighted by Crippen LogP contribution is -1.96. The number of nitrogens with one attached hydrogen (secondary N) is 1. The lowest BCUT2D eigenvalue weighted by atomic mass is 10.3. The summed E-state index contributed by atoms with van der Waals surface area (Å²) in [5.41, 5.74) is 0.874. The van der Waals surface area contributed by atoms with E-state index in [1.54, 1.807) is 24.7 Å². The second-order valence-electron chi connectivity index (χ2n) is 2.19. The fraction of sp³-hybridized carbons (Fsp3) is 0.250. The molecule has 1 aromatic rings. The van der Waals surface area contributed by atoms with E-state index in [0.717, 1.165) is 5.69 Å². The summed E-state index contributed by atoms with van der Waals surface area (Å²) in [5.74, 6) is -0.245. The van der Waals surface area contributed by atoms with E-state index in [2.05, 4.69) is 14.7 Å². The van der Waals surface area contributed by atoms with Gasteiger partial charge in [-0.25, -0.2) is 4.98 Å². The number of aromatic nitrogens is 2. The summed E-state index contributed by atoms with van der Waals surface area (Å²) in [7, 11) is 1.37. The van der Waals surface area contributed by atoms with Gasteiger partial charge >= 0.3 is 5.97 Å². The quantitative estimate of drug-likeness (QED) is 0.681. The molecular formula is C8H10N2O2. The molecule has 4 heteroatoms. The minimum absolute atomic E-state index is 0.245. The number of carbonyl (C=O) groups excluding carboxylic acids is 1. The first kappa shape index (κ1) is 8.52. The maximum atomic E-state index is 10.6. The SMILES string of the molecule is COC(=O)CC=Cc1cnc[nH]1. The Morgan fingerprint density at radius 2 is 2.67 bits per heavy atom. The molecular weight excluding hydrogens is 156 g/mol. The van der Waals surface area contributed by atoms with E-state index in [0.29, 0.717) is 0 Å². The third kappa shape index (κ3) is 2.57. The van der Waals surface area contributed by atoms with E-state index < -0.39 is 0 Å². The molecule has 0 aliphatic carbocycles. The van der Waals surface area contributed by atoms with Gasteiger partial charge in [0.2, 0.25) is 0 Å². The van der Waals surface area contributed by atoms with Gasteiger partial charge in [-0.2, -0.15) is 0 Å². The number of nitrogens with zero attached hydrogens (tertiary/aromatic N) is 1. The molecule has 64 valence electrons. The summed E-state index contributed by atoms with van der Waals surface area (Å²) < 4.78 is 4.45. The van der Waals surface area contributed by atoms with Crippen molar-refractivity contribution in [1.29, 1.82) is 0 Å². The van der Waals surface area contributed by atoms with Crippen LogP contribution in [0.25, 0.3) is 6.08 Å². The molecule has 0 amide bonds. The Hall–Kier alpha value is -1.58. The van der Waals surface area contributed by atoms with Crippen LogP contribution in [-0.2, 0) is 9.53 Å². The number of aromatic amines is 1. The predicted molar refractivity (Wildman–Crippen MR) is 44.3 cm³/mol. The van der Waals surface area contributed by atoms with E-state index in [1.807, 2.05) is 0 Å². The first-order chi connectivity index (χ1) is 5.83. The molecule has 1 heterocycles. The van der Waals surface area contributed by atoms with Crippen molar-refractivity contribution in [2.75, 3.05) is 7.11 Å². The van der Waals surface area contributed by atoms with Crippen molar-refractivity contribution in [3.63, 3.8) is 0 Å². The lowest BCUT2D eigenvalue weighted by Gasteiger charge is -1.90. The molecule has 12 heavy (non-hydrogen) atoms. The normalized spacial score (nSPS) is 10.4. The van der Waals surface area contributed by atoms with Gasteiger partial charge in [-0.3, -0.25) is 4.79 Å². The van der Waals surface area contributed by atoms with Crippen LogP contribution >= 0.6 is 0 Å². The topological polar surface area (TPSA) is 55.0 Å². The van der Waals surface area contributed by atoms with Gasteiger partial charge in [0.05, 0.1) is 31.7 Å². The standard InChI is InChI=1S/C8H10N2O2/c1-12-8(11)4-2-3-7-5-9-6-10-7/h2-3,5-6H,4H2,1H3,(H,9,10). The summed E-state index contributed by atoms with van der Waals surface area (Å²) in [6.45, 7) is 0. The highest BCUT2D eigenvalue weighted by Gasteiger charge is 1.93. The van der Waals surface area contributed by atoms with Crippen LogP contribution in [0.4, 0.5) is 0 Å². The van der Waals surface area contributed by atoms with Crippen molar-refractivity contribution in [3.05, 3.63) is 24.3 Å². The first-order valence-corrected chi connectivity index (χ1v) is 3.54. The highest BCUT2D eigenvalue weighted by atomic mass is 16.5. The number of hydrogen-bond acceptors (Lipinski definition) is 3. The fourth-order valence-corrected chi connectivity index (χ4v) is 0.723. The van der Waals surface area contributed by atoms with E-state index in [1.165, 1.54) is 7.11 Å². The van der Waals surface area contributed by atoms with Gasteiger partial charge in [0.1, 0.15) is 0 Å². The molecule has 0 saturated heterocycles. The Morgan fingerprint density at radius 3 is 3.25 bits per heavy atom. The number of imidazole rings is 1. The van der Waals surface area contributed by atoms with Crippen LogP contribution in [-0.4, -0.2) is 23.0 Å². The molecule has 0 radical (unpaired) electrons. The number of rotatable bonds is 3. The maximum absolute atomic E-state index is 10.6. The van der Waals surface area contributed by atoms with Crippen LogP contribution < -0.4 is 0 Å². The molecule has 1 aromatic heterocycles. The number of carbonyl (C=O) groups is 1. The smallest absolute Gasteiger partial charge is 0.309 e. The van der Waals surface area contributed by atoms with Gasteiger partial charge in [0.15, 0.2) is 0 Å². The number of ether oxygens (including phenoxy) is 1. The van der Waals surface area contributed by atoms with Crippen LogP contribution in [0.2, 0.25) is 0 Å². The number of hydrogen-bond donors (Lipinski definition) is 1. The van der Waals surface area contributed by atoms with Crippen molar-refractivity contribution in [2.45, 2.75) is 6.42 Å². The maximum Gasteiger partial charge on any atom is 0.309 e. The van der Waals surface area contributed by atoms with Crippen molar-refractivity contribution < 1.29 is 9.53 Å². The van der Waals surface area contributed by atoms with E-state index >= 15 is 0 Å². The van der Waals surface area contributed by atoms with Crippen molar-refractivity contribution in [2.24, 2.45) is 0 Å². The van der Waals surface area contributed by atoms with Gasteiger partial charge in [-0.05, 0) is 6.08 Å². The molecule has 0 aromatic carbocycles. The highest BCUT2D eigenvalue weighted by molar-refractivity contribution is 5.72. The Kier molecular flexibility index (Phi) is 3.07. The van der Waals surface area contributed by atoms with E-state index in [-0.39, 0.29) is 12.4 Å². The molecule has 0 aliphatic rings. The first-order valence-electron chi connectivity index (χ1n) is 3.54. The molecule has 0 spiro atoms. The van der Waals surface area contributed by atoms with Gasteiger partial charge in [0.25, 0.3) is 0 Å². The zero-order chi connectivity index (χ0) is 8.81. The Labute approximate surface area is 70.3 Å². The zero-order valence-electron chi connectivity index (χ0n) is 6.78. The molecule has 0 fully saturated rings. The van der Waals surface area contributed by atoms with Gasteiger partial charge < -0.3 is 9.72 Å². The van der Waals surface area contributed by atoms with Gasteiger partial charge in [0, 0.05) is 0 Å². The molecule has 0 unspecified atom stereocenters. The number of methoxy groups -OCH3 is 1. The number of esters is 1. The molecule has 0 bridgehead atoms. The molecule has 0 aliphatic heterocycles. The average Bonchev–Trinajstić information content (AvgIpc) is 2.57. The minimum atomic E-state index is -0.245. The van der Waals surface area contributed by atoms with Crippen molar-refractivity contribution in [1.82, 2.24) is 9.97 Å². The molecule has 0 saturated carbocycles. The third-order valence-electron chi connectivity index (χ3n) is 1.33. The summed E-state index contributed by atoms with van der Waals surface area (Å²) in [6, 6.07) is 0. The van der Waals surface area contributed by atoms with Gasteiger partial charge in [-0.15, -0.1) is 0 Å². The predicted octanol–water partition coefficient (Wildman–Crippen LogP) is 0.986. The fourth-order valence-electron chi connectivity index (χ4n) is 0.723. The van der Waals surface area contributed by atoms with Crippen molar-refractivity contribution >= 4 is 12.0 Å². The number of H-pyrrole nitrogens is 1. The lowest BCUT2D eigenvalue weighted by molar-refractivity contribution is -0.139. The summed E-state index contributed by atoms with van der Waals surface area (Å²) >= 11 is 0. The van der Waals surface area contributed by atoms with E-state index in [9.17, 15) is 4.79 Å². The highest BCUT2D eigenvalue weighted by Crippen LogP contribution is 1.96. The third-order valence-corrected chi connectivity index (χ3v) is 1.33. The summed E-state index contributed by atoms with van der Waals surface area (Å²) in [4.78, 5) is 17.3. The molecule has 1 rings (SSSR count). The second kappa shape index (κ2) is 4.33. The Bertz CT molecular complexity index is 265. The monoisotopic (exact) mass is 166 g/mol.